The molecule has 0 bridgehead atoms. The zero-order valence-corrected chi connectivity index (χ0v) is 19.8. The number of hydrogen-bond acceptors (Lipinski definition) is 3. The van der Waals surface area contributed by atoms with Crippen molar-refractivity contribution in [1.82, 2.24) is 0 Å². The van der Waals surface area contributed by atoms with E-state index in [1.807, 2.05) is 0 Å². The lowest BCUT2D eigenvalue weighted by Gasteiger charge is -2.20. The van der Waals surface area contributed by atoms with Gasteiger partial charge in [-0.1, -0.05) is 25.7 Å². The second kappa shape index (κ2) is 16.5. The number of carboxylic acid groups (broad SMARTS) is 1. The van der Waals surface area contributed by atoms with Crippen molar-refractivity contribution in [2.75, 3.05) is 13.2 Å². The minimum absolute atomic E-state index is 0.0577. The van der Waals surface area contributed by atoms with Crippen LogP contribution in [0.4, 0.5) is 43.9 Å². The van der Waals surface area contributed by atoms with Crippen LogP contribution < -0.4 is 0 Å². The lowest BCUT2D eigenvalue weighted by molar-refractivity contribution is -0.284. The highest BCUT2D eigenvalue weighted by Gasteiger charge is 2.57. The van der Waals surface area contributed by atoms with E-state index in [4.69, 9.17) is 14.6 Å². The lowest BCUT2D eigenvalue weighted by Crippen LogP contribution is -2.36. The SMILES string of the molecule is O=C(O)CCCCC(OCCCCCCC(F)(F)C(F)(F)F)OCCCCCCC(F)(F)C(F)(F)F. The van der Waals surface area contributed by atoms with Crippen LogP contribution in [0.5, 0.6) is 0 Å². The molecule has 0 atom stereocenters. The van der Waals surface area contributed by atoms with Crippen LogP contribution in [0.1, 0.15) is 89.9 Å². The summed E-state index contributed by atoms with van der Waals surface area (Å²) in [4.78, 5) is 10.6. The van der Waals surface area contributed by atoms with Crippen molar-refractivity contribution in [2.24, 2.45) is 0 Å². The van der Waals surface area contributed by atoms with Crippen LogP contribution in [0.3, 0.4) is 0 Å². The first-order valence-corrected chi connectivity index (χ1v) is 11.8. The van der Waals surface area contributed by atoms with E-state index >= 15 is 0 Å². The van der Waals surface area contributed by atoms with Gasteiger partial charge in [-0.2, -0.15) is 43.9 Å². The molecule has 0 rings (SSSR count). The van der Waals surface area contributed by atoms with Crippen LogP contribution in [0.15, 0.2) is 0 Å². The zero-order chi connectivity index (χ0) is 27.9. The topological polar surface area (TPSA) is 55.8 Å². The first-order chi connectivity index (χ1) is 16.5. The predicted molar refractivity (Wildman–Crippen MR) is 110 cm³/mol. The van der Waals surface area contributed by atoms with Crippen molar-refractivity contribution >= 4 is 5.97 Å². The van der Waals surface area contributed by atoms with E-state index in [2.05, 4.69) is 0 Å². The largest absolute Gasteiger partial charge is 0.481 e. The second-order valence-corrected chi connectivity index (χ2v) is 8.54. The number of alkyl halides is 10. The molecule has 216 valence electrons. The molecule has 0 unspecified atom stereocenters. The average Bonchev–Trinajstić information content (AvgIpc) is 2.72. The molecule has 1 N–H and O–H groups in total. The summed E-state index contributed by atoms with van der Waals surface area (Å²) in [5.74, 6) is -10.4. The van der Waals surface area contributed by atoms with Crippen LogP contribution >= 0.6 is 0 Å². The van der Waals surface area contributed by atoms with E-state index in [1.54, 1.807) is 0 Å². The molecule has 0 radical (unpaired) electrons. The molecule has 0 heterocycles. The van der Waals surface area contributed by atoms with E-state index < -0.39 is 49.3 Å². The molecule has 4 nitrogen and oxygen atoms in total. The number of carbonyl (C=O) groups is 1. The summed E-state index contributed by atoms with van der Waals surface area (Å²) in [5, 5.41) is 8.68. The summed E-state index contributed by atoms with van der Waals surface area (Å²) in [6.07, 6.45) is -12.2. The summed E-state index contributed by atoms with van der Waals surface area (Å²) in [7, 11) is 0. The molecule has 0 aromatic heterocycles. The van der Waals surface area contributed by atoms with Gasteiger partial charge in [-0.25, -0.2) is 0 Å². The molecule has 0 saturated carbocycles. The Kier molecular flexibility index (Phi) is 15.9. The van der Waals surface area contributed by atoms with Gasteiger partial charge in [0, 0.05) is 32.5 Å². The second-order valence-electron chi connectivity index (χ2n) is 8.54. The summed E-state index contributed by atoms with van der Waals surface area (Å²) >= 11 is 0. The van der Waals surface area contributed by atoms with Gasteiger partial charge >= 0.3 is 30.2 Å². The Bertz CT molecular complexity index is 554. The molecule has 0 fully saturated rings. The van der Waals surface area contributed by atoms with E-state index in [-0.39, 0.29) is 45.3 Å². The van der Waals surface area contributed by atoms with E-state index in [9.17, 15) is 48.7 Å². The molecule has 14 heteroatoms. The molecule has 36 heavy (non-hydrogen) atoms. The standard InChI is InChI=1S/C22H34F10O4/c23-19(24,21(27,28)29)13-7-1-3-9-15-35-18(12-6-5-11-17(33)34)36-16-10-4-2-8-14-20(25,26)22(30,31)32/h18H,1-16H2,(H,33,34). The molecule has 0 aromatic carbocycles. The Morgan fingerprint density at radius 3 is 1.33 bits per heavy atom. The third kappa shape index (κ3) is 15.7. The maximum Gasteiger partial charge on any atom is 0.453 e. The van der Waals surface area contributed by atoms with Crippen LogP contribution in [-0.4, -0.2) is 54.8 Å². The van der Waals surface area contributed by atoms with Gasteiger partial charge in [-0.15, -0.1) is 0 Å². The summed E-state index contributed by atoms with van der Waals surface area (Å²) < 4.78 is 135. The number of carboxylic acids is 1. The van der Waals surface area contributed by atoms with Crippen molar-refractivity contribution in [3.05, 3.63) is 0 Å². The van der Waals surface area contributed by atoms with E-state index in [0.29, 0.717) is 44.9 Å². The summed E-state index contributed by atoms with van der Waals surface area (Å²) in [6, 6.07) is 0. The molecule has 0 spiro atoms. The van der Waals surface area contributed by atoms with Gasteiger partial charge in [-0.05, 0) is 44.9 Å². The fraction of sp³-hybridized carbons (Fsp3) is 0.955. The van der Waals surface area contributed by atoms with Gasteiger partial charge in [0.1, 0.15) is 0 Å². The number of hydrogen-bond donors (Lipinski definition) is 1. The number of aliphatic carboxylic acids is 1. The van der Waals surface area contributed by atoms with Crippen LogP contribution in [0.25, 0.3) is 0 Å². The van der Waals surface area contributed by atoms with Gasteiger partial charge in [0.05, 0.1) is 0 Å². The van der Waals surface area contributed by atoms with Crippen LogP contribution in [0.2, 0.25) is 0 Å². The maximum atomic E-state index is 12.8. The molecular weight excluding hydrogens is 518 g/mol. The molecule has 0 aliphatic carbocycles. The lowest BCUT2D eigenvalue weighted by atomic mass is 10.1. The Labute approximate surface area is 203 Å². The summed E-state index contributed by atoms with van der Waals surface area (Å²) in [5.41, 5.74) is 0. The maximum absolute atomic E-state index is 12.8. The highest BCUT2D eigenvalue weighted by Crippen LogP contribution is 2.40. The predicted octanol–water partition coefficient (Wildman–Crippen LogP) is 8.29. The van der Waals surface area contributed by atoms with Crippen molar-refractivity contribution in [3.8, 4) is 0 Å². The third-order valence-electron chi connectivity index (χ3n) is 5.29. The monoisotopic (exact) mass is 552 g/mol. The van der Waals surface area contributed by atoms with E-state index in [1.165, 1.54) is 0 Å². The van der Waals surface area contributed by atoms with Crippen molar-refractivity contribution in [2.45, 2.75) is 120 Å². The number of unbranched alkanes of at least 4 members (excludes halogenated alkanes) is 7. The van der Waals surface area contributed by atoms with Crippen molar-refractivity contribution in [1.29, 1.82) is 0 Å². The first-order valence-electron chi connectivity index (χ1n) is 11.8. The Morgan fingerprint density at radius 2 is 0.972 bits per heavy atom. The highest BCUT2D eigenvalue weighted by atomic mass is 19.4. The van der Waals surface area contributed by atoms with E-state index in [0.717, 1.165) is 0 Å². The van der Waals surface area contributed by atoms with Gasteiger partial charge in [0.2, 0.25) is 0 Å². The molecule has 0 aliphatic heterocycles. The fourth-order valence-corrected chi connectivity index (χ4v) is 3.12. The Balaban J connectivity index is 4.18. The van der Waals surface area contributed by atoms with Crippen molar-refractivity contribution < 1.29 is 63.3 Å². The number of halogens is 10. The van der Waals surface area contributed by atoms with Crippen LogP contribution in [-0.2, 0) is 14.3 Å². The first kappa shape index (κ1) is 34.7. The zero-order valence-electron chi connectivity index (χ0n) is 19.8. The molecule has 0 amide bonds. The number of rotatable bonds is 21. The van der Waals surface area contributed by atoms with Gasteiger partial charge in [-0.3, -0.25) is 4.79 Å². The minimum atomic E-state index is -5.57. The van der Waals surface area contributed by atoms with Crippen molar-refractivity contribution in [3.63, 3.8) is 0 Å². The van der Waals surface area contributed by atoms with Crippen LogP contribution in [0, 0.1) is 0 Å². The quantitative estimate of drug-likeness (QED) is 0.0885. The van der Waals surface area contributed by atoms with Gasteiger partial charge in [0.25, 0.3) is 0 Å². The Hall–Kier alpha value is -1.31. The molecule has 0 aliphatic rings. The minimum Gasteiger partial charge on any atom is -0.481 e. The normalized spacial score (nSPS) is 13.5. The Morgan fingerprint density at radius 1 is 0.583 bits per heavy atom. The average molecular weight is 552 g/mol. The fourth-order valence-electron chi connectivity index (χ4n) is 3.12. The molecule has 0 aromatic rings. The third-order valence-corrected chi connectivity index (χ3v) is 5.29. The van der Waals surface area contributed by atoms with Gasteiger partial charge < -0.3 is 14.6 Å². The number of ether oxygens (including phenoxy) is 2. The van der Waals surface area contributed by atoms with Gasteiger partial charge in [0.15, 0.2) is 6.29 Å². The molecular formula is C22H34F10O4. The summed E-state index contributed by atoms with van der Waals surface area (Å²) in [6.45, 7) is 0.261. The molecule has 0 saturated heterocycles. The highest BCUT2D eigenvalue weighted by molar-refractivity contribution is 5.66. The smallest absolute Gasteiger partial charge is 0.453 e.